The van der Waals surface area contributed by atoms with E-state index in [1.165, 1.54) is 12.1 Å². The molecule has 1 N–H and O–H groups in total. The van der Waals surface area contributed by atoms with Gasteiger partial charge in [-0.2, -0.15) is 0 Å². The molecule has 1 aromatic carbocycles. The molecule has 4 nitrogen and oxygen atoms in total. The minimum absolute atomic E-state index is 0.0502. The van der Waals surface area contributed by atoms with Crippen molar-refractivity contribution in [3.05, 3.63) is 41.2 Å². The number of nitrogens with zero attached hydrogens (tertiary/aromatic N) is 1. The maximum absolute atomic E-state index is 13.8. The molecular weight excluding hydrogens is 249 g/mol. The SMILES string of the molecule is O=C(O)C=Cc1ccc(CN2CCCC2=O)c(F)c1. The lowest BCUT2D eigenvalue weighted by atomic mass is 10.1. The van der Waals surface area contributed by atoms with Crippen molar-refractivity contribution >= 4 is 18.0 Å². The van der Waals surface area contributed by atoms with E-state index in [2.05, 4.69) is 0 Å². The Balaban J connectivity index is 2.10. The van der Waals surface area contributed by atoms with Gasteiger partial charge in [-0.1, -0.05) is 12.1 Å². The largest absolute Gasteiger partial charge is 0.478 e. The standard InChI is InChI=1S/C14H14FNO3/c15-12-8-10(4-6-14(18)19)3-5-11(12)9-16-7-1-2-13(16)17/h3-6,8H,1-2,7,9H2,(H,18,19). The Morgan fingerprint density at radius 3 is 2.84 bits per heavy atom. The number of carbonyl (C=O) groups excluding carboxylic acids is 1. The van der Waals surface area contributed by atoms with Crippen LogP contribution in [0.1, 0.15) is 24.0 Å². The van der Waals surface area contributed by atoms with Crippen molar-refractivity contribution in [3.63, 3.8) is 0 Å². The van der Waals surface area contributed by atoms with Crippen LogP contribution in [0.4, 0.5) is 4.39 Å². The summed E-state index contributed by atoms with van der Waals surface area (Å²) in [5.41, 5.74) is 0.930. The lowest BCUT2D eigenvalue weighted by Crippen LogP contribution is -2.24. The van der Waals surface area contributed by atoms with Gasteiger partial charge in [-0.15, -0.1) is 0 Å². The van der Waals surface area contributed by atoms with Gasteiger partial charge in [-0.3, -0.25) is 4.79 Å². The van der Waals surface area contributed by atoms with Crippen LogP contribution in [0.25, 0.3) is 6.08 Å². The number of carbonyl (C=O) groups is 2. The predicted octanol–water partition coefficient (Wildman–Crippen LogP) is 2.05. The number of carboxylic acids is 1. The van der Waals surface area contributed by atoms with Crippen LogP contribution in [0, 0.1) is 5.82 Å². The Bertz CT molecular complexity index is 539. The summed E-state index contributed by atoms with van der Waals surface area (Å²) in [5, 5.41) is 8.49. The number of carboxylic acid groups (broad SMARTS) is 1. The van der Waals surface area contributed by atoms with Crippen LogP contribution < -0.4 is 0 Å². The zero-order valence-corrected chi connectivity index (χ0v) is 10.3. The number of aliphatic carboxylic acids is 1. The van der Waals surface area contributed by atoms with Crippen molar-refractivity contribution in [3.8, 4) is 0 Å². The van der Waals surface area contributed by atoms with E-state index in [0.29, 0.717) is 24.1 Å². The average Bonchev–Trinajstić information content (AvgIpc) is 2.75. The smallest absolute Gasteiger partial charge is 0.328 e. The summed E-state index contributed by atoms with van der Waals surface area (Å²) in [4.78, 5) is 23.5. The van der Waals surface area contributed by atoms with E-state index in [4.69, 9.17) is 5.11 Å². The number of rotatable bonds is 4. The zero-order chi connectivity index (χ0) is 13.8. The van der Waals surface area contributed by atoms with E-state index in [0.717, 1.165) is 12.5 Å². The molecule has 0 aromatic heterocycles. The Labute approximate surface area is 110 Å². The fourth-order valence-electron chi connectivity index (χ4n) is 2.04. The summed E-state index contributed by atoms with van der Waals surface area (Å²) in [6.45, 7) is 0.937. The molecule has 0 saturated carbocycles. The normalized spacial score (nSPS) is 15.4. The minimum Gasteiger partial charge on any atom is -0.478 e. The molecule has 2 rings (SSSR count). The van der Waals surface area contributed by atoms with Gasteiger partial charge < -0.3 is 10.0 Å². The number of amides is 1. The summed E-state index contributed by atoms with van der Waals surface area (Å²) >= 11 is 0. The maximum atomic E-state index is 13.8. The van der Waals surface area contributed by atoms with Gasteiger partial charge in [0.25, 0.3) is 0 Å². The Hall–Kier alpha value is -2.17. The number of hydrogen-bond acceptors (Lipinski definition) is 2. The van der Waals surface area contributed by atoms with Gasteiger partial charge in [-0.25, -0.2) is 9.18 Å². The van der Waals surface area contributed by atoms with Gasteiger partial charge in [0.15, 0.2) is 0 Å². The molecule has 1 saturated heterocycles. The molecule has 1 aliphatic heterocycles. The molecule has 1 fully saturated rings. The first-order chi connectivity index (χ1) is 9.06. The fraction of sp³-hybridized carbons (Fsp3) is 0.286. The highest BCUT2D eigenvalue weighted by Crippen LogP contribution is 2.18. The third-order valence-electron chi connectivity index (χ3n) is 3.03. The predicted molar refractivity (Wildman–Crippen MR) is 67.7 cm³/mol. The maximum Gasteiger partial charge on any atom is 0.328 e. The van der Waals surface area contributed by atoms with Crippen LogP contribution in [-0.2, 0) is 16.1 Å². The van der Waals surface area contributed by atoms with Crippen LogP contribution in [0.15, 0.2) is 24.3 Å². The van der Waals surface area contributed by atoms with Crippen molar-refractivity contribution in [2.45, 2.75) is 19.4 Å². The average molecular weight is 263 g/mol. The zero-order valence-electron chi connectivity index (χ0n) is 10.3. The summed E-state index contributed by atoms with van der Waals surface area (Å²) in [5.74, 6) is -1.45. The lowest BCUT2D eigenvalue weighted by molar-refractivity contribution is -0.131. The Kier molecular flexibility index (Phi) is 3.94. The topological polar surface area (TPSA) is 57.6 Å². The van der Waals surface area contributed by atoms with Crippen LogP contribution in [0.2, 0.25) is 0 Å². The number of hydrogen-bond donors (Lipinski definition) is 1. The lowest BCUT2D eigenvalue weighted by Gasteiger charge is -2.16. The summed E-state index contributed by atoms with van der Waals surface area (Å²) < 4.78 is 13.8. The highest BCUT2D eigenvalue weighted by Gasteiger charge is 2.21. The Morgan fingerprint density at radius 1 is 1.47 bits per heavy atom. The third-order valence-corrected chi connectivity index (χ3v) is 3.03. The van der Waals surface area contributed by atoms with Gasteiger partial charge in [0.05, 0.1) is 0 Å². The fourth-order valence-corrected chi connectivity index (χ4v) is 2.04. The molecule has 19 heavy (non-hydrogen) atoms. The van der Waals surface area contributed by atoms with E-state index in [9.17, 15) is 14.0 Å². The second-order valence-corrected chi connectivity index (χ2v) is 4.44. The van der Waals surface area contributed by atoms with Crippen molar-refractivity contribution in [2.75, 3.05) is 6.54 Å². The van der Waals surface area contributed by atoms with Crippen LogP contribution in [0.3, 0.4) is 0 Å². The van der Waals surface area contributed by atoms with Gasteiger partial charge in [0.2, 0.25) is 5.91 Å². The van der Waals surface area contributed by atoms with Gasteiger partial charge in [0.1, 0.15) is 5.82 Å². The Morgan fingerprint density at radius 2 is 2.26 bits per heavy atom. The van der Waals surface area contributed by atoms with Gasteiger partial charge >= 0.3 is 5.97 Å². The molecule has 1 aliphatic rings. The summed E-state index contributed by atoms with van der Waals surface area (Å²) in [6.07, 6.45) is 3.63. The first-order valence-corrected chi connectivity index (χ1v) is 6.03. The highest BCUT2D eigenvalue weighted by atomic mass is 19.1. The number of benzene rings is 1. The van der Waals surface area contributed by atoms with Crippen LogP contribution in [-0.4, -0.2) is 28.4 Å². The van der Waals surface area contributed by atoms with E-state index < -0.39 is 11.8 Å². The van der Waals surface area contributed by atoms with E-state index in [-0.39, 0.29) is 12.5 Å². The molecule has 0 bridgehead atoms. The molecule has 5 heteroatoms. The van der Waals surface area contributed by atoms with Gasteiger partial charge in [-0.05, 0) is 24.1 Å². The molecule has 0 unspecified atom stereocenters. The van der Waals surface area contributed by atoms with Crippen LogP contribution in [0.5, 0.6) is 0 Å². The molecule has 0 radical (unpaired) electrons. The van der Waals surface area contributed by atoms with Gasteiger partial charge in [0, 0.05) is 31.1 Å². The second kappa shape index (κ2) is 5.65. The molecule has 1 amide bonds. The second-order valence-electron chi connectivity index (χ2n) is 4.44. The highest BCUT2D eigenvalue weighted by molar-refractivity contribution is 5.85. The van der Waals surface area contributed by atoms with Crippen molar-refractivity contribution < 1.29 is 19.1 Å². The number of halogens is 1. The number of likely N-dealkylation sites (tertiary alicyclic amines) is 1. The van der Waals surface area contributed by atoms with E-state index >= 15 is 0 Å². The first kappa shape index (κ1) is 13.3. The first-order valence-electron chi connectivity index (χ1n) is 6.03. The molecule has 0 atom stereocenters. The monoisotopic (exact) mass is 263 g/mol. The molecule has 1 aromatic rings. The van der Waals surface area contributed by atoms with Crippen molar-refractivity contribution in [1.82, 2.24) is 4.90 Å². The van der Waals surface area contributed by atoms with Crippen LogP contribution >= 0.6 is 0 Å². The minimum atomic E-state index is -1.08. The quantitative estimate of drug-likeness (QED) is 0.846. The summed E-state index contributed by atoms with van der Waals surface area (Å²) in [6, 6.07) is 4.50. The summed E-state index contributed by atoms with van der Waals surface area (Å²) in [7, 11) is 0. The third kappa shape index (κ3) is 3.40. The van der Waals surface area contributed by atoms with Crippen molar-refractivity contribution in [2.24, 2.45) is 0 Å². The molecule has 100 valence electrons. The van der Waals surface area contributed by atoms with E-state index in [1.54, 1.807) is 17.0 Å². The van der Waals surface area contributed by atoms with E-state index in [1.807, 2.05) is 0 Å². The molecule has 0 spiro atoms. The van der Waals surface area contributed by atoms with Crippen molar-refractivity contribution in [1.29, 1.82) is 0 Å². The molecular formula is C14H14FNO3. The molecule has 1 heterocycles. The molecule has 0 aliphatic carbocycles.